The van der Waals surface area contributed by atoms with Crippen LogP contribution < -0.4 is 4.90 Å². The van der Waals surface area contributed by atoms with Gasteiger partial charge in [-0.1, -0.05) is 11.2 Å². The normalized spacial score (nSPS) is 20.4. The zero-order valence-electron chi connectivity index (χ0n) is 14.4. The third kappa shape index (κ3) is 3.29. The van der Waals surface area contributed by atoms with Gasteiger partial charge < -0.3 is 9.42 Å². The Kier molecular flexibility index (Phi) is 4.37. The SMILES string of the molecule is Cc1nc(Cc2noc(C3(C(F)(F)F)CCN(c4ccccn4)C3)n2)cs1. The van der Waals surface area contributed by atoms with E-state index in [0.29, 0.717) is 11.5 Å². The van der Waals surface area contributed by atoms with Crippen molar-refractivity contribution in [3.8, 4) is 0 Å². The number of alkyl halides is 3. The molecule has 3 aromatic rings. The standard InChI is InChI=1S/C17H16F3N5OS/c1-11-22-12(9-27-11)8-13-23-15(26-24-13)16(17(18,19)20)5-7-25(10-16)14-4-2-3-6-21-14/h2-4,6,9H,5,7-8,10H2,1H3. The molecule has 27 heavy (non-hydrogen) atoms. The first-order valence-electron chi connectivity index (χ1n) is 8.34. The van der Waals surface area contributed by atoms with Gasteiger partial charge in [0.15, 0.2) is 11.2 Å². The van der Waals surface area contributed by atoms with Gasteiger partial charge in [-0.05, 0) is 25.5 Å². The highest BCUT2D eigenvalue weighted by Gasteiger charge is 2.63. The molecule has 0 N–H and O–H groups in total. The van der Waals surface area contributed by atoms with E-state index in [4.69, 9.17) is 4.52 Å². The maximum Gasteiger partial charge on any atom is 0.405 e. The van der Waals surface area contributed by atoms with E-state index in [1.165, 1.54) is 11.3 Å². The fourth-order valence-electron chi connectivity index (χ4n) is 3.24. The number of halogens is 3. The van der Waals surface area contributed by atoms with Crippen molar-refractivity contribution < 1.29 is 17.7 Å². The second-order valence-corrected chi connectivity index (χ2v) is 7.55. The van der Waals surface area contributed by atoms with Crippen LogP contribution in [0.3, 0.4) is 0 Å². The molecule has 1 atom stereocenters. The van der Waals surface area contributed by atoms with E-state index in [1.54, 1.807) is 29.3 Å². The van der Waals surface area contributed by atoms with Gasteiger partial charge in [-0.25, -0.2) is 9.97 Å². The van der Waals surface area contributed by atoms with Gasteiger partial charge in [0.05, 0.1) is 17.1 Å². The van der Waals surface area contributed by atoms with Gasteiger partial charge in [0.25, 0.3) is 0 Å². The molecular formula is C17H16F3N5OS. The van der Waals surface area contributed by atoms with Gasteiger partial charge >= 0.3 is 6.18 Å². The van der Waals surface area contributed by atoms with Crippen molar-refractivity contribution in [2.24, 2.45) is 0 Å². The molecule has 3 aromatic heterocycles. The average Bonchev–Trinajstić information content (AvgIpc) is 3.35. The topological polar surface area (TPSA) is 67.9 Å². The molecule has 10 heteroatoms. The maximum atomic E-state index is 14.0. The highest BCUT2D eigenvalue weighted by molar-refractivity contribution is 7.09. The largest absolute Gasteiger partial charge is 0.405 e. The zero-order valence-corrected chi connectivity index (χ0v) is 15.2. The summed E-state index contributed by atoms with van der Waals surface area (Å²) in [5.74, 6) is 0.312. The lowest BCUT2D eigenvalue weighted by molar-refractivity contribution is -0.191. The molecule has 1 aliphatic rings. The molecule has 142 valence electrons. The Labute approximate surface area is 157 Å². The number of hydrogen-bond donors (Lipinski definition) is 0. The molecule has 0 amide bonds. The molecule has 1 aliphatic heterocycles. The van der Waals surface area contributed by atoms with Crippen molar-refractivity contribution in [3.63, 3.8) is 0 Å². The Bertz CT molecular complexity index is 926. The quantitative estimate of drug-likeness (QED) is 0.673. The summed E-state index contributed by atoms with van der Waals surface area (Å²) in [7, 11) is 0. The number of thiazole rings is 1. The first-order chi connectivity index (χ1) is 12.9. The van der Waals surface area contributed by atoms with E-state index >= 15 is 0 Å². The van der Waals surface area contributed by atoms with Gasteiger partial charge in [-0.2, -0.15) is 18.2 Å². The summed E-state index contributed by atoms with van der Waals surface area (Å²) in [4.78, 5) is 14.1. The molecule has 0 bridgehead atoms. The summed E-state index contributed by atoms with van der Waals surface area (Å²) < 4.78 is 47.2. The van der Waals surface area contributed by atoms with Crippen molar-refractivity contribution >= 4 is 17.2 Å². The van der Waals surface area contributed by atoms with Crippen LogP contribution in [0.4, 0.5) is 19.0 Å². The summed E-state index contributed by atoms with van der Waals surface area (Å²) in [6.45, 7) is 1.77. The van der Waals surface area contributed by atoms with E-state index in [9.17, 15) is 13.2 Å². The molecule has 1 unspecified atom stereocenters. The lowest BCUT2D eigenvalue weighted by atomic mass is 9.86. The Morgan fingerprint density at radius 3 is 2.81 bits per heavy atom. The van der Waals surface area contributed by atoms with Crippen molar-refractivity contribution in [3.05, 3.63) is 52.2 Å². The average molecular weight is 395 g/mol. The number of rotatable bonds is 4. The highest BCUT2D eigenvalue weighted by Crippen LogP contribution is 2.47. The number of pyridine rings is 1. The zero-order chi connectivity index (χ0) is 19.1. The highest BCUT2D eigenvalue weighted by atomic mass is 32.1. The molecule has 4 heterocycles. The first kappa shape index (κ1) is 17.9. The predicted octanol–water partition coefficient (Wildman–Crippen LogP) is 3.53. The van der Waals surface area contributed by atoms with Gasteiger partial charge in [0.1, 0.15) is 5.82 Å². The summed E-state index contributed by atoms with van der Waals surface area (Å²) in [6.07, 6.45) is -2.88. The van der Waals surface area contributed by atoms with Gasteiger partial charge in [0, 0.05) is 24.7 Å². The fraction of sp³-hybridized carbons (Fsp3) is 0.412. The number of anilines is 1. The number of hydrogen-bond acceptors (Lipinski definition) is 7. The second-order valence-electron chi connectivity index (χ2n) is 6.49. The Morgan fingerprint density at radius 1 is 1.30 bits per heavy atom. The van der Waals surface area contributed by atoms with E-state index < -0.39 is 17.5 Å². The predicted molar refractivity (Wildman–Crippen MR) is 92.8 cm³/mol. The monoisotopic (exact) mass is 395 g/mol. The third-order valence-corrected chi connectivity index (χ3v) is 5.49. The minimum Gasteiger partial charge on any atom is -0.355 e. The Balaban J connectivity index is 1.62. The van der Waals surface area contributed by atoms with E-state index in [-0.39, 0.29) is 31.8 Å². The third-order valence-electron chi connectivity index (χ3n) is 4.67. The van der Waals surface area contributed by atoms with E-state index in [0.717, 1.165) is 5.01 Å². The number of nitrogens with zero attached hydrogens (tertiary/aromatic N) is 5. The van der Waals surface area contributed by atoms with Crippen LogP contribution >= 0.6 is 11.3 Å². The lowest BCUT2D eigenvalue weighted by Gasteiger charge is -2.28. The number of aromatic nitrogens is 4. The van der Waals surface area contributed by atoms with Crippen LogP contribution in [0.5, 0.6) is 0 Å². The first-order valence-corrected chi connectivity index (χ1v) is 9.22. The summed E-state index contributed by atoms with van der Waals surface area (Å²) in [5, 5.41) is 6.48. The molecule has 0 aliphatic carbocycles. The minimum atomic E-state index is -4.52. The van der Waals surface area contributed by atoms with Crippen molar-refractivity contribution in [2.75, 3.05) is 18.0 Å². The van der Waals surface area contributed by atoms with Crippen LogP contribution in [0.15, 0.2) is 34.3 Å². The van der Waals surface area contributed by atoms with E-state index in [1.807, 2.05) is 12.3 Å². The molecule has 4 rings (SSSR count). The minimum absolute atomic E-state index is 0.162. The Hall–Kier alpha value is -2.49. The molecule has 1 fully saturated rings. The molecule has 6 nitrogen and oxygen atoms in total. The van der Waals surface area contributed by atoms with Crippen molar-refractivity contribution in [1.82, 2.24) is 20.1 Å². The molecule has 0 saturated carbocycles. The molecule has 0 spiro atoms. The van der Waals surface area contributed by atoms with Crippen molar-refractivity contribution in [1.29, 1.82) is 0 Å². The van der Waals surface area contributed by atoms with Crippen molar-refractivity contribution in [2.45, 2.75) is 31.4 Å². The summed E-state index contributed by atoms with van der Waals surface area (Å²) in [5.41, 5.74) is -1.49. The summed E-state index contributed by atoms with van der Waals surface area (Å²) >= 11 is 1.47. The van der Waals surface area contributed by atoms with Crippen LogP contribution in [-0.4, -0.2) is 39.4 Å². The molecule has 1 saturated heterocycles. The summed E-state index contributed by atoms with van der Waals surface area (Å²) in [6, 6.07) is 5.16. The van der Waals surface area contributed by atoms with Crippen LogP contribution in [0.25, 0.3) is 0 Å². The van der Waals surface area contributed by atoms with Crippen LogP contribution in [0.1, 0.15) is 28.8 Å². The van der Waals surface area contributed by atoms with Crippen LogP contribution in [-0.2, 0) is 11.8 Å². The molecule has 0 radical (unpaired) electrons. The number of aryl methyl sites for hydroxylation is 1. The van der Waals surface area contributed by atoms with Gasteiger partial charge in [-0.3, -0.25) is 0 Å². The second kappa shape index (κ2) is 6.59. The van der Waals surface area contributed by atoms with Gasteiger partial charge in [-0.15, -0.1) is 11.3 Å². The lowest BCUT2D eigenvalue weighted by Crippen LogP contribution is -2.45. The molecular weight excluding hydrogens is 379 g/mol. The fourth-order valence-corrected chi connectivity index (χ4v) is 3.86. The Morgan fingerprint density at radius 2 is 2.15 bits per heavy atom. The maximum absolute atomic E-state index is 14.0. The van der Waals surface area contributed by atoms with E-state index in [2.05, 4.69) is 20.1 Å². The van der Waals surface area contributed by atoms with Crippen LogP contribution in [0, 0.1) is 6.92 Å². The van der Waals surface area contributed by atoms with Gasteiger partial charge in [0.2, 0.25) is 5.89 Å². The smallest absolute Gasteiger partial charge is 0.355 e. The molecule has 0 aromatic carbocycles. The van der Waals surface area contributed by atoms with Crippen LogP contribution in [0.2, 0.25) is 0 Å².